The van der Waals surface area contributed by atoms with Crippen molar-refractivity contribution in [1.29, 1.82) is 0 Å². The lowest BCUT2D eigenvalue weighted by Crippen LogP contribution is -2.56. The Balaban J connectivity index is 2.66. The highest BCUT2D eigenvalue weighted by atomic mass is 16.6. The normalized spacial score (nSPS) is 26.9. The molecular formula is C24H34O7. The molecule has 0 spiro atoms. The van der Waals surface area contributed by atoms with E-state index in [1.54, 1.807) is 65.8 Å². The summed E-state index contributed by atoms with van der Waals surface area (Å²) >= 11 is 0. The third kappa shape index (κ3) is 6.06. The van der Waals surface area contributed by atoms with E-state index >= 15 is 0 Å². The molecule has 0 aromatic heterocycles. The number of hydrogen-bond acceptors (Lipinski definition) is 7. The van der Waals surface area contributed by atoms with Gasteiger partial charge < -0.3 is 19.3 Å². The molecule has 1 fully saturated rings. The Morgan fingerprint density at radius 3 is 2.10 bits per heavy atom. The Hall–Kier alpha value is -2.41. The van der Waals surface area contributed by atoms with E-state index in [1.807, 2.05) is 0 Å². The summed E-state index contributed by atoms with van der Waals surface area (Å²) in [5.41, 5.74) is -2.82. The molecule has 0 unspecified atom stereocenters. The minimum atomic E-state index is -1.70. The summed E-state index contributed by atoms with van der Waals surface area (Å²) in [5, 5.41) is 11.2. The number of esters is 2. The Bertz CT molecular complexity index is 842. The van der Waals surface area contributed by atoms with Crippen LogP contribution in [0, 0.1) is 11.8 Å². The summed E-state index contributed by atoms with van der Waals surface area (Å²) in [7, 11) is 1.50. The summed E-state index contributed by atoms with van der Waals surface area (Å²) < 4.78 is 16.4. The third-order valence-corrected chi connectivity index (χ3v) is 5.07. The van der Waals surface area contributed by atoms with Crippen molar-refractivity contribution >= 4 is 17.7 Å². The Kier molecular flexibility index (Phi) is 6.91. The number of ether oxygens (including phenoxy) is 3. The molecule has 31 heavy (non-hydrogen) atoms. The van der Waals surface area contributed by atoms with Crippen LogP contribution >= 0.6 is 0 Å². The second-order valence-electron chi connectivity index (χ2n) is 10.3. The largest absolute Gasteiger partial charge is 0.497 e. The van der Waals surface area contributed by atoms with Gasteiger partial charge in [-0.15, -0.1) is 0 Å². The maximum absolute atomic E-state index is 13.3. The molecule has 1 aliphatic rings. The summed E-state index contributed by atoms with van der Waals surface area (Å²) in [6.45, 7) is 11.7. The Labute approximate surface area is 184 Å². The summed E-state index contributed by atoms with van der Waals surface area (Å²) in [5.74, 6) is -4.78. The standard InChI is InChI=1S/C24H34O7/c1-22(2,3)30-20(26)18-16(25)13-24(7,28)19(21(27)31-23(4,5)6)17(18)14-10-9-11-15(12-14)29-8/h9-12,17-19,28H,13H2,1-8H3/t17-,18-,19-,24+/m1/s1. The molecule has 2 rings (SSSR count). The van der Waals surface area contributed by atoms with Crippen LogP contribution in [-0.2, 0) is 23.9 Å². The average molecular weight is 435 g/mol. The van der Waals surface area contributed by atoms with Crippen LogP contribution in [0.25, 0.3) is 0 Å². The van der Waals surface area contributed by atoms with Crippen molar-refractivity contribution in [3.05, 3.63) is 29.8 Å². The average Bonchev–Trinajstić information content (AvgIpc) is 2.56. The monoisotopic (exact) mass is 434 g/mol. The van der Waals surface area contributed by atoms with E-state index < -0.39 is 52.3 Å². The van der Waals surface area contributed by atoms with Gasteiger partial charge in [0.1, 0.15) is 22.9 Å². The van der Waals surface area contributed by atoms with Crippen molar-refractivity contribution in [3.8, 4) is 5.75 Å². The van der Waals surface area contributed by atoms with Gasteiger partial charge in [-0.3, -0.25) is 14.4 Å². The number of ketones is 1. The van der Waals surface area contributed by atoms with E-state index in [0.29, 0.717) is 11.3 Å². The number of carbonyl (C=O) groups excluding carboxylic acids is 3. The van der Waals surface area contributed by atoms with Gasteiger partial charge in [0.2, 0.25) is 0 Å². The molecule has 1 aromatic rings. The molecule has 7 heteroatoms. The first kappa shape index (κ1) is 24.9. The maximum Gasteiger partial charge on any atom is 0.317 e. The van der Waals surface area contributed by atoms with Crippen LogP contribution in [0.15, 0.2) is 24.3 Å². The van der Waals surface area contributed by atoms with Gasteiger partial charge >= 0.3 is 11.9 Å². The zero-order valence-corrected chi connectivity index (χ0v) is 19.6. The topological polar surface area (TPSA) is 99.1 Å². The summed E-state index contributed by atoms with van der Waals surface area (Å²) in [4.78, 5) is 39.5. The molecule has 0 saturated heterocycles. The Morgan fingerprint density at radius 2 is 1.58 bits per heavy atom. The van der Waals surface area contributed by atoms with Crippen LogP contribution in [0.5, 0.6) is 5.75 Å². The highest BCUT2D eigenvalue weighted by Crippen LogP contribution is 2.47. The first-order valence-electron chi connectivity index (χ1n) is 10.4. The van der Waals surface area contributed by atoms with E-state index in [1.165, 1.54) is 14.0 Å². The number of methoxy groups -OCH3 is 1. The van der Waals surface area contributed by atoms with Crippen LogP contribution in [0.2, 0.25) is 0 Å². The lowest BCUT2D eigenvalue weighted by molar-refractivity contribution is -0.182. The van der Waals surface area contributed by atoms with Crippen molar-refractivity contribution in [1.82, 2.24) is 0 Å². The van der Waals surface area contributed by atoms with Gasteiger partial charge in [0.05, 0.1) is 18.6 Å². The van der Waals surface area contributed by atoms with Crippen LogP contribution in [0.1, 0.15) is 66.4 Å². The molecule has 0 radical (unpaired) electrons. The molecule has 4 atom stereocenters. The second kappa shape index (κ2) is 8.61. The number of aliphatic hydroxyl groups is 1. The number of hydrogen-bond donors (Lipinski definition) is 1. The lowest BCUT2D eigenvalue weighted by Gasteiger charge is -2.44. The van der Waals surface area contributed by atoms with Gasteiger partial charge in [-0.1, -0.05) is 12.1 Å². The number of Topliss-reactive ketones (excluding diaryl/α,β-unsaturated/α-hetero) is 1. The quantitative estimate of drug-likeness (QED) is 0.573. The van der Waals surface area contributed by atoms with Crippen LogP contribution in [0.3, 0.4) is 0 Å². The van der Waals surface area contributed by atoms with E-state index in [9.17, 15) is 19.5 Å². The van der Waals surface area contributed by atoms with Gasteiger partial charge in [-0.25, -0.2) is 0 Å². The van der Waals surface area contributed by atoms with Gasteiger partial charge in [0.15, 0.2) is 5.78 Å². The van der Waals surface area contributed by atoms with Crippen molar-refractivity contribution in [3.63, 3.8) is 0 Å². The van der Waals surface area contributed by atoms with Gasteiger partial charge in [-0.05, 0) is 66.2 Å². The van der Waals surface area contributed by atoms with E-state index in [2.05, 4.69) is 0 Å². The molecule has 1 aromatic carbocycles. The van der Waals surface area contributed by atoms with Crippen molar-refractivity contribution < 1.29 is 33.7 Å². The first-order valence-corrected chi connectivity index (χ1v) is 10.4. The maximum atomic E-state index is 13.3. The molecule has 0 heterocycles. The number of rotatable bonds is 4. The van der Waals surface area contributed by atoms with Gasteiger partial charge in [0, 0.05) is 12.3 Å². The predicted octanol–water partition coefficient (Wildman–Crippen LogP) is 3.42. The highest BCUT2D eigenvalue weighted by Gasteiger charge is 2.57. The van der Waals surface area contributed by atoms with Crippen molar-refractivity contribution in [2.75, 3.05) is 7.11 Å². The van der Waals surface area contributed by atoms with Gasteiger partial charge in [0.25, 0.3) is 0 Å². The molecule has 172 valence electrons. The molecule has 1 aliphatic carbocycles. The minimum Gasteiger partial charge on any atom is -0.497 e. The minimum absolute atomic E-state index is 0.360. The Morgan fingerprint density at radius 1 is 1.03 bits per heavy atom. The van der Waals surface area contributed by atoms with Crippen LogP contribution in [0.4, 0.5) is 0 Å². The molecule has 1 saturated carbocycles. The predicted molar refractivity (Wildman–Crippen MR) is 115 cm³/mol. The van der Waals surface area contributed by atoms with Crippen LogP contribution in [-0.4, -0.2) is 46.7 Å². The molecule has 1 N–H and O–H groups in total. The molecule has 0 aliphatic heterocycles. The second-order valence-corrected chi connectivity index (χ2v) is 10.3. The van der Waals surface area contributed by atoms with E-state index in [4.69, 9.17) is 14.2 Å². The first-order chi connectivity index (χ1) is 14.1. The molecular weight excluding hydrogens is 400 g/mol. The van der Waals surface area contributed by atoms with Crippen molar-refractivity contribution in [2.24, 2.45) is 11.8 Å². The highest BCUT2D eigenvalue weighted by molar-refractivity contribution is 6.03. The van der Waals surface area contributed by atoms with Crippen molar-refractivity contribution in [2.45, 2.75) is 77.6 Å². The van der Waals surface area contributed by atoms with Gasteiger partial charge in [-0.2, -0.15) is 0 Å². The number of carbonyl (C=O) groups is 3. The molecule has 7 nitrogen and oxygen atoms in total. The molecule has 0 bridgehead atoms. The fourth-order valence-corrected chi connectivity index (χ4v) is 4.00. The zero-order valence-electron chi connectivity index (χ0n) is 19.6. The smallest absolute Gasteiger partial charge is 0.317 e. The summed E-state index contributed by atoms with van der Waals surface area (Å²) in [6, 6.07) is 6.79. The zero-order chi connectivity index (χ0) is 23.8. The molecule has 0 amide bonds. The SMILES string of the molecule is COc1cccc([C@@H]2[C@H](C(=O)OC(C)(C)C)C(=O)C[C@](C)(O)[C@H]2C(=O)OC(C)(C)C)c1. The fourth-order valence-electron chi connectivity index (χ4n) is 4.00. The van der Waals surface area contributed by atoms with E-state index in [-0.39, 0.29) is 6.42 Å². The van der Waals surface area contributed by atoms with Crippen LogP contribution < -0.4 is 4.74 Å². The third-order valence-electron chi connectivity index (χ3n) is 5.07. The van der Waals surface area contributed by atoms with E-state index in [0.717, 1.165) is 0 Å². The summed E-state index contributed by atoms with van der Waals surface area (Å²) in [6.07, 6.45) is -0.360. The number of benzene rings is 1. The fraction of sp³-hybridized carbons (Fsp3) is 0.625. The lowest BCUT2D eigenvalue weighted by atomic mass is 9.61.